The molecule has 0 aliphatic carbocycles. The number of hydrogen-bond acceptors (Lipinski definition) is 3. The van der Waals surface area contributed by atoms with Crippen LogP contribution in [-0.2, 0) is 0 Å². The molecule has 0 bridgehead atoms. The Bertz CT molecular complexity index is 1040. The molecule has 5 nitrogen and oxygen atoms in total. The van der Waals surface area contributed by atoms with Crippen molar-refractivity contribution in [3.8, 4) is 5.75 Å². The highest BCUT2D eigenvalue weighted by atomic mass is 16.5. The summed E-state index contributed by atoms with van der Waals surface area (Å²) in [5.74, 6) is 0.730. The molecular formula is C18H15N3O2. The number of ether oxygens (including phenoxy) is 1. The molecule has 2 heterocycles. The number of nitrogens with one attached hydrogen (secondary N) is 2. The van der Waals surface area contributed by atoms with Crippen LogP contribution in [0.1, 0.15) is 21.7 Å². The summed E-state index contributed by atoms with van der Waals surface area (Å²) in [6.45, 7) is 1.92. The quantitative estimate of drug-likeness (QED) is 0.568. The van der Waals surface area contributed by atoms with Crippen LogP contribution in [0.5, 0.6) is 5.75 Å². The maximum absolute atomic E-state index is 12.8. The Hall–Kier alpha value is -3.08. The third-order valence-corrected chi connectivity index (χ3v) is 4.09. The Kier molecular flexibility index (Phi) is 2.94. The van der Waals surface area contributed by atoms with Gasteiger partial charge < -0.3 is 9.72 Å². The molecule has 0 saturated heterocycles. The van der Waals surface area contributed by atoms with Crippen LogP contribution < -0.4 is 4.74 Å². The summed E-state index contributed by atoms with van der Waals surface area (Å²) in [4.78, 5) is 15.9. The Morgan fingerprint density at radius 1 is 1.09 bits per heavy atom. The van der Waals surface area contributed by atoms with Gasteiger partial charge in [0.05, 0.1) is 24.0 Å². The van der Waals surface area contributed by atoms with E-state index < -0.39 is 0 Å². The van der Waals surface area contributed by atoms with Gasteiger partial charge in [0.1, 0.15) is 5.75 Å². The fourth-order valence-corrected chi connectivity index (χ4v) is 2.80. The third-order valence-electron chi connectivity index (χ3n) is 4.09. The molecule has 23 heavy (non-hydrogen) atoms. The highest BCUT2D eigenvalue weighted by Crippen LogP contribution is 2.24. The van der Waals surface area contributed by atoms with Crippen molar-refractivity contribution in [2.75, 3.05) is 7.11 Å². The Labute approximate surface area is 132 Å². The van der Waals surface area contributed by atoms with Crippen LogP contribution in [0.2, 0.25) is 0 Å². The highest BCUT2D eigenvalue weighted by Gasteiger charge is 2.14. The summed E-state index contributed by atoms with van der Waals surface area (Å²) in [5, 5.41) is 9.03. The summed E-state index contributed by atoms with van der Waals surface area (Å²) in [5.41, 5.74) is 3.93. The predicted octanol–water partition coefficient (Wildman–Crippen LogP) is 3.59. The van der Waals surface area contributed by atoms with E-state index in [1.54, 1.807) is 7.11 Å². The number of ketones is 1. The van der Waals surface area contributed by atoms with E-state index in [2.05, 4.69) is 15.2 Å². The lowest BCUT2D eigenvalue weighted by molar-refractivity contribution is 0.103. The number of aromatic amines is 2. The second kappa shape index (κ2) is 4.98. The van der Waals surface area contributed by atoms with E-state index in [-0.39, 0.29) is 5.78 Å². The molecule has 2 N–H and O–H groups in total. The molecule has 114 valence electrons. The number of methoxy groups -OCH3 is 1. The van der Waals surface area contributed by atoms with Crippen molar-refractivity contribution in [3.63, 3.8) is 0 Å². The highest BCUT2D eigenvalue weighted by molar-refractivity contribution is 6.11. The minimum Gasteiger partial charge on any atom is -0.497 e. The lowest BCUT2D eigenvalue weighted by Gasteiger charge is -1.99. The number of aryl methyl sites for hydroxylation is 1. The number of carbonyl (C=O) groups excluding carboxylic acids is 1. The number of fused-ring (bicyclic) bond motifs is 2. The molecule has 4 aromatic rings. The zero-order valence-corrected chi connectivity index (χ0v) is 12.8. The lowest BCUT2D eigenvalue weighted by Crippen LogP contribution is -2.01. The first-order valence-corrected chi connectivity index (χ1v) is 7.32. The average Bonchev–Trinajstić information content (AvgIpc) is 3.17. The first-order chi connectivity index (χ1) is 11.2. The zero-order valence-electron chi connectivity index (χ0n) is 12.8. The number of rotatable bonds is 3. The summed E-state index contributed by atoms with van der Waals surface area (Å²) < 4.78 is 5.22. The van der Waals surface area contributed by atoms with Gasteiger partial charge in [-0.15, -0.1) is 0 Å². The summed E-state index contributed by atoms with van der Waals surface area (Å²) >= 11 is 0. The number of H-pyrrole nitrogens is 2. The first kappa shape index (κ1) is 13.6. The third kappa shape index (κ3) is 2.17. The van der Waals surface area contributed by atoms with E-state index in [9.17, 15) is 4.79 Å². The number of carbonyl (C=O) groups is 1. The molecule has 0 radical (unpaired) electrons. The predicted molar refractivity (Wildman–Crippen MR) is 89.1 cm³/mol. The van der Waals surface area contributed by atoms with E-state index in [1.165, 1.54) is 0 Å². The van der Waals surface area contributed by atoms with E-state index in [0.717, 1.165) is 33.2 Å². The van der Waals surface area contributed by atoms with E-state index in [0.29, 0.717) is 11.3 Å². The molecule has 4 rings (SSSR count). The SMILES string of the molecule is COc1ccc2[nH]c(C(=O)c3ccc4[nH]nc(C)c4c3)cc2c1. The molecule has 0 aliphatic rings. The molecule has 0 saturated carbocycles. The molecule has 0 atom stereocenters. The van der Waals surface area contributed by atoms with Crippen LogP contribution in [-0.4, -0.2) is 28.1 Å². The van der Waals surface area contributed by atoms with Crippen LogP contribution in [0.3, 0.4) is 0 Å². The number of aromatic nitrogens is 3. The van der Waals surface area contributed by atoms with E-state index in [4.69, 9.17) is 4.74 Å². The summed E-state index contributed by atoms with van der Waals surface area (Å²) in [7, 11) is 1.63. The van der Waals surface area contributed by atoms with Gasteiger partial charge in [-0.05, 0) is 49.4 Å². The van der Waals surface area contributed by atoms with Crippen LogP contribution in [0.4, 0.5) is 0 Å². The monoisotopic (exact) mass is 305 g/mol. The molecule has 0 amide bonds. The van der Waals surface area contributed by atoms with Crippen LogP contribution in [0, 0.1) is 6.92 Å². The largest absolute Gasteiger partial charge is 0.497 e. The fraction of sp³-hybridized carbons (Fsp3) is 0.111. The lowest BCUT2D eigenvalue weighted by atomic mass is 10.1. The maximum atomic E-state index is 12.8. The van der Waals surface area contributed by atoms with E-state index in [1.807, 2.05) is 49.4 Å². The molecule has 5 heteroatoms. The van der Waals surface area contributed by atoms with Crippen LogP contribution in [0.15, 0.2) is 42.5 Å². The molecule has 2 aromatic heterocycles. The number of nitrogens with zero attached hydrogens (tertiary/aromatic N) is 1. The Balaban J connectivity index is 1.78. The molecule has 0 fully saturated rings. The maximum Gasteiger partial charge on any atom is 0.209 e. The van der Waals surface area contributed by atoms with Gasteiger partial charge in [0, 0.05) is 21.9 Å². The van der Waals surface area contributed by atoms with Crippen molar-refractivity contribution >= 4 is 27.6 Å². The Morgan fingerprint density at radius 3 is 2.74 bits per heavy atom. The molecular weight excluding hydrogens is 290 g/mol. The van der Waals surface area contributed by atoms with Gasteiger partial charge in [-0.1, -0.05) is 0 Å². The zero-order chi connectivity index (χ0) is 16.0. The van der Waals surface area contributed by atoms with Gasteiger partial charge in [-0.2, -0.15) is 5.10 Å². The standard InChI is InChI=1S/C18H15N3O2/c1-10-14-8-11(3-5-16(14)21-20-10)18(22)17-9-12-7-13(23-2)4-6-15(12)19-17/h3-9,19H,1-2H3,(H,20,21). The number of benzene rings is 2. The van der Waals surface area contributed by atoms with Crippen molar-refractivity contribution < 1.29 is 9.53 Å². The normalized spacial score (nSPS) is 11.2. The minimum absolute atomic E-state index is 0.0392. The van der Waals surface area contributed by atoms with Crippen molar-refractivity contribution in [1.29, 1.82) is 0 Å². The van der Waals surface area contributed by atoms with Gasteiger partial charge >= 0.3 is 0 Å². The van der Waals surface area contributed by atoms with Crippen molar-refractivity contribution in [3.05, 3.63) is 59.4 Å². The summed E-state index contributed by atoms with van der Waals surface area (Å²) in [6, 6.07) is 13.1. The molecule has 0 unspecified atom stereocenters. The first-order valence-electron chi connectivity index (χ1n) is 7.32. The Morgan fingerprint density at radius 2 is 1.91 bits per heavy atom. The topological polar surface area (TPSA) is 70.8 Å². The van der Waals surface area contributed by atoms with Crippen molar-refractivity contribution in [1.82, 2.24) is 15.2 Å². The summed E-state index contributed by atoms with van der Waals surface area (Å²) in [6.07, 6.45) is 0. The van der Waals surface area contributed by atoms with Gasteiger partial charge in [0.15, 0.2) is 0 Å². The molecule has 0 aliphatic heterocycles. The van der Waals surface area contributed by atoms with Gasteiger partial charge in [0.25, 0.3) is 0 Å². The van der Waals surface area contributed by atoms with Crippen molar-refractivity contribution in [2.45, 2.75) is 6.92 Å². The average molecular weight is 305 g/mol. The van der Waals surface area contributed by atoms with Gasteiger partial charge in [0.2, 0.25) is 5.78 Å². The smallest absolute Gasteiger partial charge is 0.209 e. The molecule has 0 spiro atoms. The fourth-order valence-electron chi connectivity index (χ4n) is 2.80. The van der Waals surface area contributed by atoms with Gasteiger partial charge in [-0.25, -0.2) is 0 Å². The number of hydrogen-bond donors (Lipinski definition) is 2. The second-order valence-electron chi connectivity index (χ2n) is 5.53. The second-order valence-corrected chi connectivity index (χ2v) is 5.53. The van der Waals surface area contributed by atoms with Crippen LogP contribution >= 0.6 is 0 Å². The minimum atomic E-state index is -0.0392. The van der Waals surface area contributed by atoms with Crippen molar-refractivity contribution in [2.24, 2.45) is 0 Å². The van der Waals surface area contributed by atoms with Crippen LogP contribution in [0.25, 0.3) is 21.8 Å². The molecule has 2 aromatic carbocycles. The van der Waals surface area contributed by atoms with E-state index >= 15 is 0 Å². The van der Waals surface area contributed by atoms with Gasteiger partial charge in [-0.3, -0.25) is 9.89 Å².